The van der Waals surface area contributed by atoms with E-state index in [9.17, 15) is 5.21 Å². The van der Waals surface area contributed by atoms with Gasteiger partial charge in [0.1, 0.15) is 0 Å². The lowest BCUT2D eigenvalue weighted by Crippen LogP contribution is -2.37. The van der Waals surface area contributed by atoms with Crippen LogP contribution in [-0.2, 0) is 12.8 Å². The van der Waals surface area contributed by atoms with E-state index in [0.29, 0.717) is 0 Å². The predicted octanol–water partition coefficient (Wildman–Crippen LogP) is 1.09. The van der Waals surface area contributed by atoms with Gasteiger partial charge in [0.2, 0.25) is 11.9 Å². The maximum Gasteiger partial charge on any atom is 0.237 e. The zero-order valence-corrected chi connectivity index (χ0v) is 6.45. The minimum absolute atomic E-state index is 1.02. The topological polar surface area (TPSA) is 24.1 Å². The first-order valence-corrected chi connectivity index (χ1v) is 4.09. The Morgan fingerprint density at radius 2 is 2.09 bits per heavy atom. The molecule has 1 aromatic heterocycles. The third-order valence-corrected chi connectivity index (χ3v) is 2.28. The van der Waals surface area contributed by atoms with Crippen molar-refractivity contribution in [2.45, 2.75) is 25.7 Å². The number of hydrogen-bond acceptors (Lipinski definition) is 1. The molecule has 0 aromatic carbocycles. The van der Waals surface area contributed by atoms with Crippen molar-refractivity contribution in [1.82, 2.24) is 0 Å². The average molecular weight is 150 g/mol. The van der Waals surface area contributed by atoms with Crippen molar-refractivity contribution < 1.29 is 9.94 Å². The number of aromatic nitrogens is 1. The second-order valence-electron chi connectivity index (χ2n) is 3.03. The highest BCUT2D eigenvalue weighted by atomic mass is 16.5. The SMILES string of the molecule is O[n+]1cccc2c1CCCC2. The molecule has 1 aromatic rings. The van der Waals surface area contributed by atoms with Crippen LogP contribution in [-0.4, -0.2) is 5.21 Å². The molecule has 0 saturated heterocycles. The van der Waals surface area contributed by atoms with E-state index >= 15 is 0 Å². The van der Waals surface area contributed by atoms with E-state index < -0.39 is 0 Å². The number of aryl methyl sites for hydroxylation is 1. The summed E-state index contributed by atoms with van der Waals surface area (Å²) in [7, 11) is 0. The first-order chi connectivity index (χ1) is 5.38. The molecule has 0 unspecified atom stereocenters. The second kappa shape index (κ2) is 2.53. The molecule has 2 heteroatoms. The lowest BCUT2D eigenvalue weighted by Gasteiger charge is -2.09. The number of rotatable bonds is 0. The maximum absolute atomic E-state index is 9.37. The van der Waals surface area contributed by atoms with E-state index in [4.69, 9.17) is 0 Å². The quantitative estimate of drug-likeness (QED) is 0.434. The summed E-state index contributed by atoms with van der Waals surface area (Å²) in [6, 6.07) is 3.99. The fourth-order valence-corrected chi connectivity index (χ4v) is 1.68. The van der Waals surface area contributed by atoms with E-state index in [1.54, 1.807) is 6.20 Å². The Hall–Kier alpha value is -1.05. The summed E-state index contributed by atoms with van der Waals surface area (Å²) in [5.74, 6) is 0. The first-order valence-electron chi connectivity index (χ1n) is 4.09. The molecule has 0 spiro atoms. The van der Waals surface area contributed by atoms with Gasteiger partial charge in [0.25, 0.3) is 0 Å². The Labute approximate surface area is 66.1 Å². The van der Waals surface area contributed by atoms with Crippen molar-refractivity contribution >= 4 is 0 Å². The summed E-state index contributed by atoms with van der Waals surface area (Å²) >= 11 is 0. The lowest BCUT2D eigenvalue weighted by atomic mass is 9.96. The third-order valence-electron chi connectivity index (χ3n) is 2.28. The highest BCUT2D eigenvalue weighted by molar-refractivity contribution is 5.17. The Balaban J connectivity index is 2.49. The molecule has 1 N–H and O–H groups in total. The molecular formula is C9H12NO+. The molecule has 0 aliphatic heterocycles. The summed E-state index contributed by atoms with van der Waals surface area (Å²) in [6.07, 6.45) is 6.31. The van der Waals surface area contributed by atoms with E-state index in [-0.39, 0.29) is 0 Å². The van der Waals surface area contributed by atoms with Gasteiger partial charge in [-0.3, -0.25) is 5.21 Å². The monoisotopic (exact) mass is 150 g/mol. The number of fused-ring (bicyclic) bond motifs is 1. The van der Waals surface area contributed by atoms with Crippen molar-refractivity contribution in [3.63, 3.8) is 0 Å². The molecule has 0 saturated carbocycles. The van der Waals surface area contributed by atoms with Crippen LogP contribution in [0, 0.1) is 0 Å². The van der Waals surface area contributed by atoms with Crippen LogP contribution in [0.15, 0.2) is 18.3 Å². The van der Waals surface area contributed by atoms with Crippen molar-refractivity contribution in [2.75, 3.05) is 0 Å². The summed E-state index contributed by atoms with van der Waals surface area (Å²) in [5, 5.41) is 9.37. The van der Waals surface area contributed by atoms with Gasteiger partial charge in [-0.05, 0) is 25.3 Å². The first kappa shape index (κ1) is 6.65. The van der Waals surface area contributed by atoms with E-state index in [1.165, 1.54) is 23.1 Å². The average Bonchev–Trinajstić information content (AvgIpc) is 2.06. The van der Waals surface area contributed by atoms with Gasteiger partial charge in [-0.15, -0.1) is 0 Å². The standard InChI is InChI=1S/C9H12NO/c11-10-7-3-5-8-4-1-2-6-9(8)10/h3,5,7,11H,1-2,4,6H2/q+1. The minimum Gasteiger partial charge on any atom is -0.285 e. The summed E-state index contributed by atoms with van der Waals surface area (Å²) < 4.78 is 1.26. The molecule has 0 bridgehead atoms. The van der Waals surface area contributed by atoms with Crippen LogP contribution in [0.2, 0.25) is 0 Å². The molecule has 11 heavy (non-hydrogen) atoms. The van der Waals surface area contributed by atoms with Gasteiger partial charge in [-0.2, -0.15) is 0 Å². The molecule has 1 heterocycles. The number of nitrogens with zero attached hydrogens (tertiary/aromatic N) is 1. The molecule has 0 radical (unpaired) electrons. The summed E-state index contributed by atoms with van der Waals surface area (Å²) in [5.41, 5.74) is 2.40. The van der Waals surface area contributed by atoms with Crippen molar-refractivity contribution in [3.8, 4) is 0 Å². The van der Waals surface area contributed by atoms with E-state index in [2.05, 4.69) is 6.07 Å². The molecule has 0 atom stereocenters. The molecule has 1 aliphatic carbocycles. The molecular weight excluding hydrogens is 138 g/mol. The molecule has 2 rings (SSSR count). The number of pyridine rings is 1. The van der Waals surface area contributed by atoms with Crippen LogP contribution in [0.25, 0.3) is 0 Å². The van der Waals surface area contributed by atoms with Crippen LogP contribution in [0.5, 0.6) is 0 Å². The van der Waals surface area contributed by atoms with Gasteiger partial charge >= 0.3 is 0 Å². The van der Waals surface area contributed by atoms with E-state index in [0.717, 1.165) is 18.5 Å². The molecule has 58 valence electrons. The normalized spacial score (nSPS) is 16.0. The van der Waals surface area contributed by atoms with Crippen LogP contribution >= 0.6 is 0 Å². The smallest absolute Gasteiger partial charge is 0.237 e. The molecule has 2 nitrogen and oxygen atoms in total. The zero-order chi connectivity index (χ0) is 7.68. The predicted molar refractivity (Wildman–Crippen MR) is 40.5 cm³/mol. The van der Waals surface area contributed by atoms with Gasteiger partial charge in [0.05, 0.1) is 0 Å². The maximum atomic E-state index is 9.37. The third kappa shape index (κ3) is 1.09. The van der Waals surface area contributed by atoms with Crippen LogP contribution in [0.4, 0.5) is 0 Å². The van der Waals surface area contributed by atoms with Gasteiger partial charge in [0, 0.05) is 22.8 Å². The van der Waals surface area contributed by atoms with Crippen molar-refractivity contribution in [1.29, 1.82) is 0 Å². The van der Waals surface area contributed by atoms with Crippen molar-refractivity contribution in [3.05, 3.63) is 29.6 Å². The largest absolute Gasteiger partial charge is 0.285 e. The van der Waals surface area contributed by atoms with Crippen LogP contribution < -0.4 is 4.73 Å². The molecule has 0 amide bonds. The number of hydrogen-bond donors (Lipinski definition) is 1. The van der Waals surface area contributed by atoms with Crippen LogP contribution in [0.3, 0.4) is 0 Å². The van der Waals surface area contributed by atoms with E-state index in [1.807, 2.05) is 6.07 Å². The second-order valence-corrected chi connectivity index (χ2v) is 3.03. The van der Waals surface area contributed by atoms with Crippen LogP contribution in [0.1, 0.15) is 24.1 Å². The van der Waals surface area contributed by atoms with Gasteiger partial charge in [0.15, 0.2) is 0 Å². The van der Waals surface area contributed by atoms with Gasteiger partial charge in [-0.1, -0.05) is 0 Å². The Morgan fingerprint density at radius 1 is 1.27 bits per heavy atom. The fraction of sp³-hybridized carbons (Fsp3) is 0.444. The molecule has 0 fully saturated rings. The lowest BCUT2D eigenvalue weighted by molar-refractivity contribution is -0.910. The minimum atomic E-state index is 1.02. The fourth-order valence-electron chi connectivity index (χ4n) is 1.68. The van der Waals surface area contributed by atoms with Crippen molar-refractivity contribution in [2.24, 2.45) is 0 Å². The summed E-state index contributed by atoms with van der Waals surface area (Å²) in [6.45, 7) is 0. The van der Waals surface area contributed by atoms with Gasteiger partial charge < -0.3 is 0 Å². The zero-order valence-electron chi connectivity index (χ0n) is 6.45. The Bertz CT molecular complexity index is 270. The van der Waals surface area contributed by atoms with Gasteiger partial charge in [-0.25, -0.2) is 0 Å². The highest BCUT2D eigenvalue weighted by Gasteiger charge is 2.18. The Kier molecular flexibility index (Phi) is 1.53. The summed E-state index contributed by atoms with van der Waals surface area (Å²) in [4.78, 5) is 0. The Morgan fingerprint density at radius 3 is 2.91 bits per heavy atom. The molecule has 1 aliphatic rings. The highest BCUT2D eigenvalue weighted by Crippen LogP contribution is 2.16.